The summed E-state index contributed by atoms with van der Waals surface area (Å²) in [5.74, 6) is 3.90. The number of carboxylic acid groups (broad SMARTS) is 1. The topological polar surface area (TPSA) is 113 Å². The highest BCUT2D eigenvalue weighted by atomic mass is 32.2. The van der Waals surface area contributed by atoms with E-state index in [0.717, 1.165) is 4.31 Å². The van der Waals surface area contributed by atoms with Crippen LogP contribution in [0.2, 0.25) is 0 Å². The molecule has 182 valence electrons. The monoisotopic (exact) mass is 496 g/mol. The van der Waals surface area contributed by atoms with Crippen LogP contribution in [0.15, 0.2) is 29.2 Å². The molecule has 8 nitrogen and oxygen atoms in total. The molecule has 1 heterocycles. The maximum Gasteiger partial charge on any atom is 0.307 e. The first-order valence-corrected chi connectivity index (χ1v) is 12.7. The number of hydrogen-bond donors (Lipinski definition) is 0. The Morgan fingerprint density at radius 2 is 1.85 bits per heavy atom. The van der Waals surface area contributed by atoms with E-state index in [2.05, 4.69) is 11.8 Å². The van der Waals surface area contributed by atoms with Crippen LogP contribution in [0, 0.1) is 11.8 Å². The average Bonchev–Trinajstić information content (AvgIpc) is 2.65. The molecule has 0 aliphatic carbocycles. The second-order valence-electron chi connectivity index (χ2n) is 9.12. The molecule has 0 bridgehead atoms. The van der Waals surface area contributed by atoms with E-state index in [-0.39, 0.29) is 24.5 Å². The van der Waals surface area contributed by atoms with Gasteiger partial charge in [-0.05, 0) is 65.8 Å². The molecule has 2 atom stereocenters. The molecular formula is C23H30NO7S2-. The third kappa shape index (κ3) is 7.13. The number of sulfonamides is 1. The van der Waals surface area contributed by atoms with E-state index in [1.54, 1.807) is 41.5 Å². The van der Waals surface area contributed by atoms with Crippen molar-refractivity contribution in [2.45, 2.75) is 74.5 Å². The zero-order valence-electron chi connectivity index (χ0n) is 19.7. The maximum atomic E-state index is 13.5. The first kappa shape index (κ1) is 27.0. The van der Waals surface area contributed by atoms with Gasteiger partial charge in [0, 0.05) is 16.5 Å². The minimum absolute atomic E-state index is 0.0532. The number of ether oxygens (including phenoxy) is 2. The first-order chi connectivity index (χ1) is 15.2. The Hall–Kier alpha value is -2.22. The van der Waals surface area contributed by atoms with Crippen LogP contribution in [0.5, 0.6) is 5.75 Å². The van der Waals surface area contributed by atoms with Gasteiger partial charge in [0.05, 0.1) is 23.3 Å². The van der Waals surface area contributed by atoms with Crippen LogP contribution in [0.3, 0.4) is 0 Å². The smallest absolute Gasteiger partial charge is 0.307 e. The fourth-order valence-corrected chi connectivity index (χ4v) is 7.11. The highest BCUT2D eigenvalue weighted by Crippen LogP contribution is 2.43. The Labute approximate surface area is 200 Å². The van der Waals surface area contributed by atoms with Crippen molar-refractivity contribution in [1.29, 1.82) is 0 Å². The van der Waals surface area contributed by atoms with Crippen LogP contribution in [0.25, 0.3) is 0 Å². The molecule has 0 N–H and O–H groups in total. The van der Waals surface area contributed by atoms with Crippen LogP contribution in [-0.4, -0.2) is 59.5 Å². The minimum Gasteiger partial charge on any atom is -0.548 e. The van der Waals surface area contributed by atoms with Gasteiger partial charge in [0.15, 0.2) is 0 Å². The Bertz CT molecular complexity index is 1030. The molecule has 1 aliphatic heterocycles. The zero-order valence-corrected chi connectivity index (χ0v) is 21.3. The summed E-state index contributed by atoms with van der Waals surface area (Å²) in [5.41, 5.74) is -0.683. The van der Waals surface area contributed by atoms with Gasteiger partial charge in [-0.25, -0.2) is 8.42 Å². The molecule has 0 unspecified atom stereocenters. The molecule has 33 heavy (non-hydrogen) atoms. The minimum atomic E-state index is -4.21. The summed E-state index contributed by atoms with van der Waals surface area (Å²) in [6, 6.07) is 4.26. The lowest BCUT2D eigenvalue weighted by atomic mass is 10.0. The second kappa shape index (κ2) is 10.4. The summed E-state index contributed by atoms with van der Waals surface area (Å²) in [4.78, 5) is 24.3. The lowest BCUT2D eigenvalue weighted by Crippen LogP contribution is -2.64. The van der Waals surface area contributed by atoms with E-state index in [0.29, 0.717) is 5.75 Å². The van der Waals surface area contributed by atoms with Gasteiger partial charge in [0.25, 0.3) is 0 Å². The number of aliphatic carboxylic acids is 1. The van der Waals surface area contributed by atoms with E-state index < -0.39 is 43.6 Å². The molecule has 0 radical (unpaired) electrons. The van der Waals surface area contributed by atoms with Gasteiger partial charge < -0.3 is 19.4 Å². The first-order valence-electron chi connectivity index (χ1n) is 10.4. The number of carbonyl (C=O) groups is 2. The number of rotatable bonds is 7. The van der Waals surface area contributed by atoms with Gasteiger partial charge in [-0.15, -0.1) is 17.7 Å². The summed E-state index contributed by atoms with van der Waals surface area (Å²) in [5, 5.41) is 11.5. The maximum absolute atomic E-state index is 13.5. The normalized spacial score (nSPS) is 20.9. The summed E-state index contributed by atoms with van der Waals surface area (Å²) in [6.07, 6.45) is -0.0532. The van der Waals surface area contributed by atoms with Crippen LogP contribution < -0.4 is 9.84 Å². The number of nitrogens with zero attached hydrogens (tertiary/aromatic N) is 1. The number of thioether (sulfide) groups is 1. The molecular weight excluding hydrogens is 466 g/mol. The van der Waals surface area contributed by atoms with Crippen LogP contribution in [0.1, 0.15) is 48.0 Å². The van der Waals surface area contributed by atoms with Crippen molar-refractivity contribution in [2.75, 3.05) is 13.2 Å². The predicted octanol–water partition coefficient (Wildman–Crippen LogP) is 1.82. The fourth-order valence-electron chi connectivity index (χ4n) is 3.53. The third-order valence-electron chi connectivity index (χ3n) is 4.76. The molecule has 0 aromatic heterocycles. The van der Waals surface area contributed by atoms with Crippen molar-refractivity contribution < 1.29 is 32.6 Å². The van der Waals surface area contributed by atoms with E-state index >= 15 is 0 Å². The van der Waals surface area contributed by atoms with Crippen molar-refractivity contribution in [2.24, 2.45) is 0 Å². The Morgan fingerprint density at radius 3 is 2.36 bits per heavy atom. The second-order valence-corrected chi connectivity index (χ2v) is 13.0. The number of hydrogen-bond acceptors (Lipinski definition) is 8. The Kier molecular flexibility index (Phi) is 8.49. The highest BCUT2D eigenvalue weighted by molar-refractivity contribution is 8.01. The van der Waals surface area contributed by atoms with Crippen molar-refractivity contribution >= 4 is 33.7 Å². The number of carbonyl (C=O) groups excluding carboxylic acids is 2. The Balaban J connectivity index is 2.34. The van der Waals surface area contributed by atoms with Crippen LogP contribution >= 0.6 is 11.8 Å². The van der Waals surface area contributed by atoms with Gasteiger partial charge in [-0.1, -0.05) is 5.92 Å². The average molecular weight is 497 g/mol. The van der Waals surface area contributed by atoms with Crippen molar-refractivity contribution in [3.05, 3.63) is 24.3 Å². The summed E-state index contributed by atoms with van der Waals surface area (Å²) >= 11 is 1.25. The van der Waals surface area contributed by atoms with Crippen molar-refractivity contribution in [3.63, 3.8) is 0 Å². The molecule has 1 aromatic rings. The van der Waals surface area contributed by atoms with E-state index in [4.69, 9.17) is 9.47 Å². The van der Waals surface area contributed by atoms with Gasteiger partial charge in [-0.3, -0.25) is 4.79 Å². The van der Waals surface area contributed by atoms with E-state index in [9.17, 15) is 23.1 Å². The lowest BCUT2D eigenvalue weighted by Gasteiger charge is -2.48. The molecule has 1 saturated heterocycles. The standard InChI is InChI=1S/C23H31NO7S2/c1-7-8-13-30-16-9-11-18(12-10-16)33(28,29)24-15-17(14-19(25)31-22(2,3)4)32-23(5,6)20(24)21(26)27/h9-12,17,20H,13-15H2,1-6H3,(H,26,27)/p-1/t17-,20-/m0/s1. The summed E-state index contributed by atoms with van der Waals surface area (Å²) in [7, 11) is -4.21. The van der Waals surface area contributed by atoms with E-state index in [1.165, 1.54) is 36.0 Å². The van der Waals surface area contributed by atoms with Crippen molar-refractivity contribution in [1.82, 2.24) is 4.31 Å². The highest BCUT2D eigenvalue weighted by Gasteiger charge is 2.48. The summed E-state index contributed by atoms with van der Waals surface area (Å²) < 4.78 is 37.6. The number of benzene rings is 1. The quantitative estimate of drug-likeness (QED) is 0.415. The molecule has 0 amide bonds. The number of carboxylic acids is 1. The number of esters is 1. The molecule has 1 aromatic carbocycles. The molecule has 0 spiro atoms. The Morgan fingerprint density at radius 1 is 1.24 bits per heavy atom. The fraction of sp³-hybridized carbons (Fsp3) is 0.565. The van der Waals surface area contributed by atoms with E-state index in [1.807, 2.05) is 0 Å². The molecule has 10 heteroatoms. The summed E-state index contributed by atoms with van der Waals surface area (Å²) in [6.45, 7) is 10.2. The zero-order chi connectivity index (χ0) is 25.0. The SMILES string of the molecule is CC#CCOc1ccc(S(=O)(=O)N2C[C@H](CC(=O)OC(C)(C)C)SC(C)(C)[C@@H]2C(=O)[O-])cc1. The third-order valence-corrected chi connectivity index (χ3v) is 8.08. The molecule has 1 aliphatic rings. The predicted molar refractivity (Wildman–Crippen MR) is 124 cm³/mol. The largest absolute Gasteiger partial charge is 0.548 e. The van der Waals surface area contributed by atoms with Gasteiger partial charge >= 0.3 is 5.97 Å². The van der Waals surface area contributed by atoms with Gasteiger partial charge in [0.2, 0.25) is 10.0 Å². The van der Waals surface area contributed by atoms with Crippen LogP contribution in [0.4, 0.5) is 0 Å². The molecule has 0 saturated carbocycles. The lowest BCUT2D eigenvalue weighted by molar-refractivity contribution is -0.311. The molecule has 2 rings (SSSR count). The van der Waals surface area contributed by atoms with Crippen molar-refractivity contribution in [3.8, 4) is 17.6 Å². The van der Waals surface area contributed by atoms with Crippen LogP contribution in [-0.2, 0) is 24.3 Å². The van der Waals surface area contributed by atoms with Gasteiger partial charge in [0.1, 0.15) is 18.0 Å². The molecule has 1 fully saturated rings. The van der Waals surface area contributed by atoms with Gasteiger partial charge in [-0.2, -0.15) is 4.31 Å².